The molecule has 104 valence electrons. The van der Waals surface area contributed by atoms with Gasteiger partial charge in [0, 0.05) is 16.6 Å². The van der Waals surface area contributed by atoms with Crippen molar-refractivity contribution in [3.8, 4) is 0 Å². The van der Waals surface area contributed by atoms with Crippen molar-refractivity contribution in [1.29, 1.82) is 0 Å². The summed E-state index contributed by atoms with van der Waals surface area (Å²) in [5.74, 6) is -1.93. The SMILES string of the molecule is CCCN(C=O)C(C)(C(=O)O)c1ccc(Br)cc1F. The third-order valence-corrected chi connectivity index (χ3v) is 3.53. The maximum absolute atomic E-state index is 14.0. The van der Waals surface area contributed by atoms with Crippen molar-refractivity contribution in [2.45, 2.75) is 25.8 Å². The Morgan fingerprint density at radius 3 is 2.63 bits per heavy atom. The summed E-state index contributed by atoms with van der Waals surface area (Å²) in [4.78, 5) is 23.8. The van der Waals surface area contributed by atoms with Crippen LogP contribution >= 0.6 is 15.9 Å². The van der Waals surface area contributed by atoms with Crippen molar-refractivity contribution in [1.82, 2.24) is 4.90 Å². The van der Waals surface area contributed by atoms with E-state index in [1.54, 1.807) is 6.07 Å². The second kappa shape index (κ2) is 6.14. The first kappa shape index (κ1) is 15.6. The van der Waals surface area contributed by atoms with Crippen LogP contribution < -0.4 is 0 Å². The average molecular weight is 332 g/mol. The molecule has 0 aliphatic heterocycles. The number of amides is 1. The zero-order valence-corrected chi connectivity index (χ0v) is 12.3. The highest BCUT2D eigenvalue weighted by atomic mass is 79.9. The molecule has 6 heteroatoms. The highest BCUT2D eigenvalue weighted by Gasteiger charge is 2.42. The van der Waals surface area contributed by atoms with Crippen LogP contribution in [0.4, 0.5) is 4.39 Å². The Morgan fingerprint density at radius 2 is 2.21 bits per heavy atom. The van der Waals surface area contributed by atoms with Gasteiger partial charge in [-0.3, -0.25) is 4.79 Å². The van der Waals surface area contributed by atoms with E-state index in [2.05, 4.69) is 15.9 Å². The molecule has 0 saturated carbocycles. The molecule has 0 radical (unpaired) electrons. The molecular weight excluding hydrogens is 317 g/mol. The normalized spacial score (nSPS) is 13.7. The summed E-state index contributed by atoms with van der Waals surface area (Å²) in [6.45, 7) is 3.38. The van der Waals surface area contributed by atoms with Gasteiger partial charge < -0.3 is 10.0 Å². The Balaban J connectivity index is 3.40. The molecule has 1 aromatic rings. The van der Waals surface area contributed by atoms with E-state index < -0.39 is 17.3 Å². The number of benzene rings is 1. The minimum atomic E-state index is -1.72. The van der Waals surface area contributed by atoms with Gasteiger partial charge in [-0.2, -0.15) is 0 Å². The predicted molar refractivity (Wildman–Crippen MR) is 72.1 cm³/mol. The van der Waals surface area contributed by atoms with Gasteiger partial charge in [-0.25, -0.2) is 9.18 Å². The highest BCUT2D eigenvalue weighted by Crippen LogP contribution is 2.31. The van der Waals surface area contributed by atoms with E-state index in [-0.39, 0.29) is 12.1 Å². The Morgan fingerprint density at radius 1 is 1.58 bits per heavy atom. The molecule has 1 atom stereocenters. The molecule has 1 N–H and O–H groups in total. The van der Waals surface area contributed by atoms with Crippen LogP contribution in [0.25, 0.3) is 0 Å². The number of nitrogens with zero attached hydrogens (tertiary/aromatic N) is 1. The molecule has 0 fully saturated rings. The lowest BCUT2D eigenvalue weighted by molar-refractivity contribution is -0.155. The van der Waals surface area contributed by atoms with Crippen LogP contribution in [-0.2, 0) is 15.1 Å². The largest absolute Gasteiger partial charge is 0.479 e. The molecule has 0 aliphatic carbocycles. The van der Waals surface area contributed by atoms with Crippen LogP contribution in [0, 0.1) is 5.82 Å². The second-order valence-corrected chi connectivity index (χ2v) is 5.22. The molecule has 1 unspecified atom stereocenters. The van der Waals surface area contributed by atoms with Gasteiger partial charge in [0.15, 0.2) is 5.54 Å². The summed E-state index contributed by atoms with van der Waals surface area (Å²) in [5, 5.41) is 9.43. The fourth-order valence-electron chi connectivity index (χ4n) is 1.90. The molecule has 1 rings (SSSR count). The number of carboxylic acid groups (broad SMARTS) is 1. The minimum Gasteiger partial charge on any atom is -0.479 e. The van der Waals surface area contributed by atoms with Crippen LogP contribution in [0.1, 0.15) is 25.8 Å². The molecule has 0 heterocycles. The van der Waals surface area contributed by atoms with Crippen molar-refractivity contribution < 1.29 is 19.1 Å². The summed E-state index contributed by atoms with van der Waals surface area (Å²) in [6.07, 6.45) is 1.03. The molecular formula is C13H15BrFNO3. The van der Waals surface area contributed by atoms with Gasteiger partial charge in [-0.1, -0.05) is 28.9 Å². The molecule has 0 saturated heterocycles. The van der Waals surface area contributed by atoms with Crippen molar-refractivity contribution >= 4 is 28.3 Å². The average Bonchev–Trinajstić information content (AvgIpc) is 2.34. The number of carbonyl (C=O) groups is 2. The second-order valence-electron chi connectivity index (χ2n) is 4.30. The number of halogens is 2. The first-order valence-corrected chi connectivity index (χ1v) is 6.58. The monoisotopic (exact) mass is 331 g/mol. The fourth-order valence-corrected chi connectivity index (χ4v) is 2.23. The molecule has 0 spiro atoms. The van der Waals surface area contributed by atoms with Gasteiger partial charge >= 0.3 is 5.97 Å². The lowest BCUT2D eigenvalue weighted by Crippen LogP contribution is -2.50. The number of hydrogen-bond acceptors (Lipinski definition) is 2. The van der Waals surface area contributed by atoms with Crippen molar-refractivity contribution in [2.75, 3.05) is 6.54 Å². The third kappa shape index (κ3) is 2.94. The summed E-state index contributed by atoms with van der Waals surface area (Å²) >= 11 is 3.11. The maximum atomic E-state index is 14.0. The van der Waals surface area contributed by atoms with Gasteiger partial charge in [-0.15, -0.1) is 0 Å². The van der Waals surface area contributed by atoms with Gasteiger partial charge in [0.25, 0.3) is 0 Å². The molecule has 0 aromatic heterocycles. The van der Waals surface area contributed by atoms with Crippen LogP contribution in [0.15, 0.2) is 22.7 Å². The van der Waals surface area contributed by atoms with Crippen LogP contribution in [0.5, 0.6) is 0 Å². The van der Waals surface area contributed by atoms with Crippen LogP contribution in [0.3, 0.4) is 0 Å². The molecule has 1 aromatic carbocycles. The number of hydrogen-bond donors (Lipinski definition) is 1. The fraction of sp³-hybridized carbons (Fsp3) is 0.385. The minimum absolute atomic E-state index is 0.0382. The van der Waals surface area contributed by atoms with Crippen molar-refractivity contribution in [3.63, 3.8) is 0 Å². The number of aliphatic carboxylic acids is 1. The standard InChI is InChI=1S/C13H15BrFNO3/c1-3-6-16(8-17)13(2,12(18)19)10-5-4-9(14)7-11(10)15/h4-5,7-8H,3,6H2,1-2H3,(H,18,19). The topological polar surface area (TPSA) is 57.6 Å². The lowest BCUT2D eigenvalue weighted by Gasteiger charge is -2.35. The highest BCUT2D eigenvalue weighted by molar-refractivity contribution is 9.10. The zero-order valence-electron chi connectivity index (χ0n) is 10.7. The van der Waals surface area contributed by atoms with Crippen LogP contribution in [0.2, 0.25) is 0 Å². The van der Waals surface area contributed by atoms with Gasteiger partial charge in [0.05, 0.1) is 0 Å². The van der Waals surface area contributed by atoms with E-state index in [9.17, 15) is 19.1 Å². The molecule has 19 heavy (non-hydrogen) atoms. The smallest absolute Gasteiger partial charge is 0.334 e. The maximum Gasteiger partial charge on any atom is 0.334 e. The van der Waals surface area contributed by atoms with Gasteiger partial charge in [0.1, 0.15) is 5.82 Å². The summed E-state index contributed by atoms with van der Waals surface area (Å²) < 4.78 is 14.5. The first-order chi connectivity index (χ1) is 8.87. The quantitative estimate of drug-likeness (QED) is 0.815. The molecule has 4 nitrogen and oxygen atoms in total. The predicted octanol–water partition coefficient (Wildman–Crippen LogP) is 2.76. The number of carboxylic acids is 1. The summed E-state index contributed by atoms with van der Waals surface area (Å²) in [7, 11) is 0. The van der Waals surface area contributed by atoms with E-state index in [0.717, 1.165) is 4.90 Å². The van der Waals surface area contributed by atoms with Crippen molar-refractivity contribution in [3.05, 3.63) is 34.1 Å². The number of rotatable bonds is 6. The van der Waals surface area contributed by atoms with Gasteiger partial charge in [0.2, 0.25) is 6.41 Å². The van der Waals surface area contributed by atoms with Gasteiger partial charge in [-0.05, 0) is 25.5 Å². The van der Waals surface area contributed by atoms with E-state index in [1.807, 2.05) is 6.92 Å². The Bertz CT molecular complexity index is 495. The van der Waals surface area contributed by atoms with E-state index in [4.69, 9.17) is 0 Å². The number of carbonyl (C=O) groups excluding carboxylic acids is 1. The third-order valence-electron chi connectivity index (χ3n) is 3.04. The summed E-state index contributed by atoms with van der Waals surface area (Å²) in [6, 6.07) is 4.11. The zero-order chi connectivity index (χ0) is 14.6. The van der Waals surface area contributed by atoms with E-state index in [1.165, 1.54) is 19.1 Å². The summed E-state index contributed by atoms with van der Waals surface area (Å²) in [5.41, 5.74) is -1.76. The van der Waals surface area contributed by atoms with Crippen LogP contribution in [-0.4, -0.2) is 28.9 Å². The molecule has 1 amide bonds. The Kier molecular flexibility index (Phi) is 5.05. The molecule has 0 bridgehead atoms. The first-order valence-electron chi connectivity index (χ1n) is 5.78. The molecule has 0 aliphatic rings. The van der Waals surface area contributed by atoms with E-state index in [0.29, 0.717) is 17.3 Å². The Hall–Kier alpha value is -1.43. The van der Waals surface area contributed by atoms with Crippen molar-refractivity contribution in [2.24, 2.45) is 0 Å². The lowest BCUT2D eigenvalue weighted by atomic mass is 9.89. The Labute approximate surface area is 119 Å². The van der Waals surface area contributed by atoms with E-state index >= 15 is 0 Å².